The lowest BCUT2D eigenvalue weighted by Crippen LogP contribution is -2.46. The zero-order chi connectivity index (χ0) is 19.9. The third-order valence-corrected chi connectivity index (χ3v) is 5.90. The highest BCUT2D eigenvalue weighted by Gasteiger charge is 2.34. The Kier molecular flexibility index (Phi) is 7.59. The van der Waals surface area contributed by atoms with Gasteiger partial charge in [-0.2, -0.15) is 0 Å². The van der Waals surface area contributed by atoms with Crippen molar-refractivity contribution in [3.05, 3.63) is 58.2 Å². The molecule has 1 atom stereocenters. The first kappa shape index (κ1) is 21.0. The predicted octanol–water partition coefficient (Wildman–Crippen LogP) is 4.29. The van der Waals surface area contributed by atoms with Gasteiger partial charge in [0.05, 0.1) is 5.03 Å². The van der Waals surface area contributed by atoms with E-state index >= 15 is 0 Å². The van der Waals surface area contributed by atoms with Crippen molar-refractivity contribution in [3.63, 3.8) is 0 Å². The number of hydrogen-bond acceptors (Lipinski definition) is 4. The highest BCUT2D eigenvalue weighted by molar-refractivity contribution is 7.99. The maximum Gasteiger partial charge on any atom is 0.254 e. The van der Waals surface area contributed by atoms with Crippen LogP contribution >= 0.6 is 35.0 Å². The van der Waals surface area contributed by atoms with Gasteiger partial charge < -0.3 is 10.2 Å². The number of aromatic nitrogens is 1. The highest BCUT2D eigenvalue weighted by Crippen LogP contribution is 2.24. The average Bonchev–Trinajstić information content (AvgIpc) is 3.17. The zero-order valence-corrected chi connectivity index (χ0v) is 17.6. The van der Waals surface area contributed by atoms with Crippen LogP contribution in [0.2, 0.25) is 10.0 Å². The summed E-state index contributed by atoms with van der Waals surface area (Å²) in [6, 6.07) is 10.1. The standard InChI is InChI=1S/C20H21Cl2N3O2S/c21-15-11-14(12-16(22)13-15)20(27)25-9-3-5-17(25)19(26)24-8-4-10-28-18-6-1-2-7-23-18/h1-2,6-7,11-13,17H,3-5,8-10H2,(H,24,26)/t17-/m1/s1. The molecule has 3 rings (SSSR count). The summed E-state index contributed by atoms with van der Waals surface area (Å²) in [6.07, 6.45) is 4.06. The normalized spacial score (nSPS) is 16.2. The first-order chi connectivity index (χ1) is 13.5. The Balaban J connectivity index is 1.49. The SMILES string of the molecule is O=C(NCCCSc1ccccn1)[C@H]1CCCN1C(=O)c1cc(Cl)cc(Cl)c1. The topological polar surface area (TPSA) is 62.3 Å². The molecule has 2 aromatic rings. The number of rotatable bonds is 7. The monoisotopic (exact) mass is 437 g/mol. The van der Waals surface area contributed by atoms with Crippen molar-refractivity contribution in [1.29, 1.82) is 0 Å². The second kappa shape index (κ2) is 10.1. The maximum atomic E-state index is 12.8. The van der Waals surface area contributed by atoms with E-state index in [1.165, 1.54) is 0 Å². The number of benzene rings is 1. The summed E-state index contributed by atoms with van der Waals surface area (Å²) in [5.41, 5.74) is 0.406. The van der Waals surface area contributed by atoms with Gasteiger partial charge in [-0.05, 0) is 49.6 Å². The van der Waals surface area contributed by atoms with E-state index in [1.807, 2.05) is 18.2 Å². The zero-order valence-electron chi connectivity index (χ0n) is 15.2. The molecule has 148 valence electrons. The summed E-state index contributed by atoms with van der Waals surface area (Å²) in [6.45, 7) is 1.12. The van der Waals surface area contributed by atoms with Gasteiger partial charge in [0.1, 0.15) is 6.04 Å². The number of amides is 2. The van der Waals surface area contributed by atoms with Crippen LogP contribution in [-0.4, -0.2) is 46.6 Å². The molecule has 8 heteroatoms. The fraction of sp³-hybridized carbons (Fsp3) is 0.350. The minimum absolute atomic E-state index is 0.109. The molecule has 0 bridgehead atoms. The van der Waals surface area contributed by atoms with E-state index in [0.717, 1.165) is 23.6 Å². The Bertz CT molecular complexity index is 815. The molecule has 1 aromatic heterocycles. The van der Waals surface area contributed by atoms with Gasteiger partial charge in [0.2, 0.25) is 5.91 Å². The molecule has 0 aliphatic carbocycles. The summed E-state index contributed by atoms with van der Waals surface area (Å²) in [4.78, 5) is 31.3. The molecular weight excluding hydrogens is 417 g/mol. The van der Waals surface area contributed by atoms with Gasteiger partial charge in [0.25, 0.3) is 5.91 Å². The largest absolute Gasteiger partial charge is 0.354 e. The molecule has 0 saturated carbocycles. The van der Waals surface area contributed by atoms with Crippen LogP contribution in [0, 0.1) is 0 Å². The first-order valence-electron chi connectivity index (χ1n) is 9.13. The van der Waals surface area contributed by atoms with E-state index in [0.29, 0.717) is 35.1 Å². The number of nitrogens with zero attached hydrogens (tertiary/aromatic N) is 2. The predicted molar refractivity (Wildman–Crippen MR) is 113 cm³/mol. The van der Waals surface area contributed by atoms with Crippen LogP contribution in [0.25, 0.3) is 0 Å². The molecule has 28 heavy (non-hydrogen) atoms. The molecule has 0 spiro atoms. The Hall–Kier alpha value is -1.76. The van der Waals surface area contributed by atoms with Crippen molar-refractivity contribution >= 4 is 46.8 Å². The van der Waals surface area contributed by atoms with Crippen LogP contribution in [0.5, 0.6) is 0 Å². The van der Waals surface area contributed by atoms with Gasteiger partial charge in [-0.25, -0.2) is 4.98 Å². The number of nitrogens with one attached hydrogen (secondary N) is 1. The van der Waals surface area contributed by atoms with Crippen molar-refractivity contribution < 1.29 is 9.59 Å². The molecular formula is C20H21Cl2N3O2S. The summed E-state index contributed by atoms with van der Waals surface area (Å²) in [5.74, 6) is 0.542. The number of likely N-dealkylation sites (tertiary alicyclic amines) is 1. The quantitative estimate of drug-likeness (QED) is 0.518. The van der Waals surface area contributed by atoms with Crippen molar-refractivity contribution in [2.75, 3.05) is 18.8 Å². The van der Waals surface area contributed by atoms with E-state index in [2.05, 4.69) is 10.3 Å². The lowest BCUT2D eigenvalue weighted by atomic mass is 10.1. The van der Waals surface area contributed by atoms with Gasteiger partial charge in [-0.15, -0.1) is 11.8 Å². The summed E-state index contributed by atoms with van der Waals surface area (Å²) >= 11 is 13.7. The molecule has 1 fully saturated rings. The molecule has 2 heterocycles. The molecule has 0 radical (unpaired) electrons. The third kappa shape index (κ3) is 5.63. The maximum absolute atomic E-state index is 12.8. The Morgan fingerprint density at radius 1 is 1.21 bits per heavy atom. The number of carbonyl (C=O) groups excluding carboxylic acids is 2. The Labute approximate surface area is 178 Å². The molecule has 1 aliphatic heterocycles. The fourth-order valence-corrected chi connectivity index (χ4v) is 4.47. The minimum Gasteiger partial charge on any atom is -0.354 e. The van der Waals surface area contributed by atoms with Crippen molar-refractivity contribution in [3.8, 4) is 0 Å². The van der Waals surface area contributed by atoms with E-state index in [4.69, 9.17) is 23.2 Å². The van der Waals surface area contributed by atoms with Crippen LogP contribution in [0.4, 0.5) is 0 Å². The third-order valence-electron chi connectivity index (χ3n) is 4.43. The summed E-state index contributed by atoms with van der Waals surface area (Å²) < 4.78 is 0. The number of carbonyl (C=O) groups is 2. The minimum atomic E-state index is -0.450. The van der Waals surface area contributed by atoms with E-state index in [-0.39, 0.29) is 11.8 Å². The molecule has 2 amide bonds. The fourth-order valence-electron chi connectivity index (χ4n) is 3.14. The summed E-state index contributed by atoms with van der Waals surface area (Å²) in [5, 5.41) is 4.73. The molecule has 1 N–H and O–H groups in total. The lowest BCUT2D eigenvalue weighted by Gasteiger charge is -2.24. The highest BCUT2D eigenvalue weighted by atomic mass is 35.5. The number of hydrogen-bond donors (Lipinski definition) is 1. The van der Waals surface area contributed by atoms with Crippen molar-refractivity contribution in [2.45, 2.75) is 30.3 Å². The Morgan fingerprint density at radius 3 is 2.71 bits per heavy atom. The van der Waals surface area contributed by atoms with E-state index in [9.17, 15) is 9.59 Å². The van der Waals surface area contributed by atoms with Crippen molar-refractivity contribution in [1.82, 2.24) is 15.2 Å². The van der Waals surface area contributed by atoms with Crippen LogP contribution in [0.3, 0.4) is 0 Å². The number of pyridine rings is 1. The van der Waals surface area contributed by atoms with Crippen LogP contribution in [0.15, 0.2) is 47.6 Å². The molecule has 1 aromatic carbocycles. The van der Waals surface area contributed by atoms with Crippen LogP contribution < -0.4 is 5.32 Å². The number of thioether (sulfide) groups is 1. The van der Waals surface area contributed by atoms with Crippen LogP contribution in [0.1, 0.15) is 29.6 Å². The molecule has 0 unspecified atom stereocenters. The smallest absolute Gasteiger partial charge is 0.254 e. The lowest BCUT2D eigenvalue weighted by molar-refractivity contribution is -0.124. The molecule has 1 aliphatic rings. The summed E-state index contributed by atoms with van der Waals surface area (Å²) in [7, 11) is 0. The van der Waals surface area contributed by atoms with E-state index < -0.39 is 6.04 Å². The Morgan fingerprint density at radius 2 is 2.00 bits per heavy atom. The molecule has 5 nitrogen and oxygen atoms in total. The van der Waals surface area contributed by atoms with E-state index in [1.54, 1.807) is 41.1 Å². The van der Waals surface area contributed by atoms with Crippen LogP contribution in [-0.2, 0) is 4.79 Å². The second-order valence-corrected chi connectivity index (χ2v) is 8.46. The van der Waals surface area contributed by atoms with Gasteiger partial charge in [0, 0.05) is 40.6 Å². The van der Waals surface area contributed by atoms with Gasteiger partial charge in [-0.1, -0.05) is 29.3 Å². The van der Waals surface area contributed by atoms with Gasteiger partial charge in [-0.3, -0.25) is 9.59 Å². The van der Waals surface area contributed by atoms with Gasteiger partial charge >= 0.3 is 0 Å². The molecule has 1 saturated heterocycles. The number of halogens is 2. The van der Waals surface area contributed by atoms with Gasteiger partial charge in [0.15, 0.2) is 0 Å². The second-order valence-electron chi connectivity index (χ2n) is 6.48. The first-order valence-corrected chi connectivity index (χ1v) is 10.9. The van der Waals surface area contributed by atoms with Crippen molar-refractivity contribution in [2.24, 2.45) is 0 Å². The average molecular weight is 438 g/mol.